The van der Waals surface area contributed by atoms with Crippen LogP contribution in [-0.4, -0.2) is 73.8 Å². The van der Waals surface area contributed by atoms with E-state index in [4.69, 9.17) is 14.2 Å². The van der Waals surface area contributed by atoms with Crippen molar-refractivity contribution >= 4 is 23.2 Å². The molecule has 2 N–H and O–H groups in total. The molecule has 1 aliphatic rings. The average Bonchev–Trinajstić information content (AvgIpc) is 3.64. The predicted octanol–water partition coefficient (Wildman–Crippen LogP) is 4.59. The van der Waals surface area contributed by atoms with Crippen LogP contribution in [0.3, 0.4) is 0 Å². The number of hydrogen-bond donors (Lipinski definition) is 2. The maximum absolute atomic E-state index is 13.5. The molecule has 0 aliphatic carbocycles. The highest BCUT2D eigenvalue weighted by Gasteiger charge is 2.41. The zero-order valence-corrected chi connectivity index (χ0v) is 22.4. The summed E-state index contributed by atoms with van der Waals surface area (Å²) in [5.74, 6) is -1.60. The van der Waals surface area contributed by atoms with Gasteiger partial charge in [0.2, 0.25) is 5.75 Å². The minimum atomic E-state index is -4.52. The van der Waals surface area contributed by atoms with E-state index in [0.717, 1.165) is 0 Å². The van der Waals surface area contributed by atoms with Gasteiger partial charge in [-0.25, -0.2) is 4.98 Å². The largest absolute Gasteiger partial charge is 0.493 e. The van der Waals surface area contributed by atoms with Crippen LogP contribution in [-0.2, 0) is 0 Å². The number of aromatic nitrogens is 2. The van der Waals surface area contributed by atoms with Crippen molar-refractivity contribution < 1.29 is 37.0 Å². The van der Waals surface area contributed by atoms with Crippen LogP contribution in [0.25, 0.3) is 0 Å². The lowest BCUT2D eigenvalue weighted by atomic mass is 9.96. The minimum absolute atomic E-state index is 0.0197. The normalized spacial score (nSPS) is 15.1. The van der Waals surface area contributed by atoms with Crippen LogP contribution in [0.1, 0.15) is 56.2 Å². The number of thiazole rings is 1. The molecular weight excluding hydrogens is 537 g/mol. The number of hydrogen-bond acceptors (Lipinski definition) is 7. The van der Waals surface area contributed by atoms with Gasteiger partial charge in [0, 0.05) is 42.8 Å². The summed E-state index contributed by atoms with van der Waals surface area (Å²) in [7, 11) is 4.43. The molecule has 1 atom stereocenters. The predicted molar refractivity (Wildman–Crippen MR) is 138 cm³/mol. The van der Waals surface area contributed by atoms with E-state index < -0.39 is 24.5 Å². The molecule has 3 heterocycles. The van der Waals surface area contributed by atoms with Crippen molar-refractivity contribution in [3.63, 3.8) is 0 Å². The van der Waals surface area contributed by atoms with Crippen molar-refractivity contribution in [1.82, 2.24) is 20.2 Å². The molecule has 2 amide bonds. The van der Waals surface area contributed by atoms with Gasteiger partial charge in [0.25, 0.3) is 11.8 Å². The molecule has 1 saturated heterocycles. The van der Waals surface area contributed by atoms with Crippen molar-refractivity contribution in [3.8, 4) is 17.2 Å². The van der Waals surface area contributed by atoms with E-state index in [1.807, 2.05) is 0 Å². The summed E-state index contributed by atoms with van der Waals surface area (Å²) >= 11 is 1.29. The Kier molecular flexibility index (Phi) is 8.68. The Morgan fingerprint density at radius 3 is 2.44 bits per heavy atom. The molecule has 0 saturated carbocycles. The number of carbonyl (C=O) groups excluding carboxylic acids is 2. The fourth-order valence-electron chi connectivity index (χ4n) is 4.60. The van der Waals surface area contributed by atoms with Crippen LogP contribution in [0.15, 0.2) is 35.8 Å². The molecule has 3 aromatic rings. The minimum Gasteiger partial charge on any atom is -0.493 e. The number of benzene rings is 1. The number of H-pyrrole nitrogens is 1. The number of rotatable bonds is 9. The van der Waals surface area contributed by atoms with E-state index in [-0.39, 0.29) is 23.2 Å². The van der Waals surface area contributed by atoms with Crippen molar-refractivity contribution in [2.45, 2.75) is 30.9 Å². The fraction of sp³-hybridized carbons (Fsp3) is 0.423. The number of methoxy groups -OCH3 is 3. The third-order valence-corrected chi connectivity index (χ3v) is 7.69. The average molecular weight is 567 g/mol. The Labute approximate surface area is 227 Å². The van der Waals surface area contributed by atoms with Gasteiger partial charge >= 0.3 is 6.18 Å². The second kappa shape index (κ2) is 12.0. The molecule has 39 heavy (non-hydrogen) atoms. The molecule has 4 rings (SSSR count). The molecular formula is C26H29F3N4O5S. The molecule has 210 valence electrons. The van der Waals surface area contributed by atoms with E-state index >= 15 is 0 Å². The van der Waals surface area contributed by atoms with Gasteiger partial charge in [-0.2, -0.15) is 13.2 Å². The van der Waals surface area contributed by atoms with Gasteiger partial charge in [-0.05, 0) is 37.1 Å². The number of alkyl halides is 3. The first kappa shape index (κ1) is 28.3. The molecule has 0 radical (unpaired) electrons. The Balaban J connectivity index is 1.36. The number of nitrogens with zero attached hydrogens (tertiary/aromatic N) is 2. The molecule has 13 heteroatoms. The summed E-state index contributed by atoms with van der Waals surface area (Å²) in [6.07, 6.45) is -1.86. The van der Waals surface area contributed by atoms with Crippen molar-refractivity contribution in [2.24, 2.45) is 0 Å². The third-order valence-electron chi connectivity index (χ3n) is 6.68. The van der Waals surface area contributed by atoms with Crippen LogP contribution in [0.4, 0.5) is 13.2 Å². The second-order valence-corrected chi connectivity index (χ2v) is 9.84. The summed E-state index contributed by atoms with van der Waals surface area (Å²) in [6, 6.07) is 6.10. The van der Waals surface area contributed by atoms with Gasteiger partial charge in [0.05, 0.1) is 31.9 Å². The maximum Gasteiger partial charge on any atom is 0.398 e. The Hall–Kier alpha value is -3.74. The molecule has 0 bridgehead atoms. The fourth-order valence-corrected chi connectivity index (χ4v) is 5.57. The van der Waals surface area contributed by atoms with Crippen LogP contribution < -0.4 is 19.5 Å². The summed E-state index contributed by atoms with van der Waals surface area (Å²) in [4.78, 5) is 34.5. The zero-order valence-electron chi connectivity index (χ0n) is 21.6. The molecule has 1 aromatic carbocycles. The molecule has 1 unspecified atom stereocenters. The standard InChI is InChI=1S/C26H29F3N4O5S/c1-36-20-7-6-16(21(37-2)22(20)38-3)25(35)33-11-8-15(9-12-33)24-32-19(14-39-24)23(34)31-13-17(26(27,28)29)18-5-4-10-30-18/h4-7,10,14-15,17,30H,8-9,11-13H2,1-3H3,(H,31,34). The van der Waals surface area contributed by atoms with Gasteiger partial charge in [0.1, 0.15) is 11.6 Å². The van der Waals surface area contributed by atoms with Crippen LogP contribution >= 0.6 is 11.3 Å². The van der Waals surface area contributed by atoms with E-state index in [0.29, 0.717) is 53.8 Å². The summed E-state index contributed by atoms with van der Waals surface area (Å²) in [5, 5.41) is 4.62. The van der Waals surface area contributed by atoms with E-state index in [9.17, 15) is 22.8 Å². The lowest BCUT2D eigenvalue weighted by molar-refractivity contribution is -0.149. The smallest absolute Gasteiger partial charge is 0.398 e. The first-order valence-electron chi connectivity index (χ1n) is 12.2. The lowest BCUT2D eigenvalue weighted by Gasteiger charge is -2.31. The summed E-state index contributed by atoms with van der Waals surface area (Å²) in [5.41, 5.74) is 0.420. The van der Waals surface area contributed by atoms with Crippen molar-refractivity contribution in [1.29, 1.82) is 0 Å². The third kappa shape index (κ3) is 6.13. The number of amides is 2. The number of aromatic amines is 1. The van der Waals surface area contributed by atoms with Crippen LogP contribution in [0.5, 0.6) is 17.2 Å². The molecule has 1 aliphatic heterocycles. The van der Waals surface area contributed by atoms with Crippen molar-refractivity contribution in [2.75, 3.05) is 41.0 Å². The Morgan fingerprint density at radius 2 is 1.85 bits per heavy atom. The molecule has 2 aromatic heterocycles. The van der Waals surface area contributed by atoms with Gasteiger partial charge in [-0.3, -0.25) is 9.59 Å². The van der Waals surface area contributed by atoms with E-state index in [1.54, 1.807) is 22.4 Å². The van der Waals surface area contributed by atoms with Gasteiger partial charge in [-0.1, -0.05) is 0 Å². The van der Waals surface area contributed by atoms with E-state index in [2.05, 4.69) is 15.3 Å². The first-order chi connectivity index (χ1) is 18.7. The SMILES string of the molecule is COc1ccc(C(=O)N2CCC(c3nc(C(=O)NCC(c4ccc[nH]4)C(F)(F)F)cs3)CC2)c(OC)c1OC. The first-order valence-corrected chi connectivity index (χ1v) is 13.1. The number of carbonyl (C=O) groups is 2. The molecule has 0 spiro atoms. The van der Waals surface area contributed by atoms with Crippen molar-refractivity contribution in [3.05, 3.63) is 57.8 Å². The Morgan fingerprint density at radius 1 is 1.13 bits per heavy atom. The lowest BCUT2D eigenvalue weighted by Crippen LogP contribution is -2.38. The van der Waals surface area contributed by atoms with Crippen LogP contribution in [0, 0.1) is 0 Å². The topological polar surface area (TPSA) is 106 Å². The summed E-state index contributed by atoms with van der Waals surface area (Å²) < 4.78 is 56.5. The van der Waals surface area contributed by atoms with Crippen LogP contribution in [0.2, 0.25) is 0 Å². The Bertz CT molecular complexity index is 1290. The van der Waals surface area contributed by atoms with E-state index in [1.165, 1.54) is 51.0 Å². The number of ether oxygens (including phenoxy) is 3. The highest BCUT2D eigenvalue weighted by molar-refractivity contribution is 7.09. The molecule has 1 fully saturated rings. The zero-order chi connectivity index (χ0) is 28.2. The summed E-state index contributed by atoms with van der Waals surface area (Å²) in [6.45, 7) is 0.326. The van der Waals surface area contributed by atoms with Gasteiger partial charge < -0.3 is 29.4 Å². The maximum atomic E-state index is 13.5. The number of halogens is 3. The van der Waals surface area contributed by atoms with Gasteiger partial charge in [-0.15, -0.1) is 11.3 Å². The van der Waals surface area contributed by atoms with Gasteiger partial charge in [0.15, 0.2) is 11.5 Å². The number of piperidine rings is 1. The number of likely N-dealkylation sites (tertiary alicyclic amines) is 1. The highest BCUT2D eigenvalue weighted by atomic mass is 32.1. The number of nitrogens with one attached hydrogen (secondary N) is 2. The monoisotopic (exact) mass is 566 g/mol. The molecule has 9 nitrogen and oxygen atoms in total. The second-order valence-electron chi connectivity index (χ2n) is 8.95. The highest BCUT2D eigenvalue weighted by Crippen LogP contribution is 2.41. The quantitative estimate of drug-likeness (QED) is 0.393.